The summed E-state index contributed by atoms with van der Waals surface area (Å²) in [5, 5.41) is 12.2. The Kier molecular flexibility index (Phi) is 4.71. The molecule has 0 aromatic carbocycles. The summed E-state index contributed by atoms with van der Waals surface area (Å²) in [7, 11) is 0. The van der Waals surface area contributed by atoms with Crippen molar-refractivity contribution in [3.8, 4) is 0 Å². The number of hydrogen-bond acceptors (Lipinski definition) is 4. The van der Waals surface area contributed by atoms with Crippen molar-refractivity contribution in [3.05, 3.63) is 17.5 Å². The van der Waals surface area contributed by atoms with E-state index < -0.39 is 30.9 Å². The summed E-state index contributed by atoms with van der Waals surface area (Å²) < 4.78 is 43.6. The standard InChI is InChI=1S/C10H13F3N2O3/c1-2-18-8(17)5-7-6-14-15(3-4-16)9(7)10(11,12)13/h6,16H,2-5H2,1H3. The second-order valence-electron chi connectivity index (χ2n) is 3.44. The molecule has 0 fully saturated rings. The fourth-order valence-corrected chi connectivity index (χ4v) is 1.51. The van der Waals surface area contributed by atoms with Crippen LogP contribution in [0.2, 0.25) is 0 Å². The minimum atomic E-state index is -4.63. The van der Waals surface area contributed by atoms with E-state index in [2.05, 4.69) is 9.84 Å². The summed E-state index contributed by atoms with van der Waals surface area (Å²) in [6.07, 6.45) is -4.16. The molecule has 0 saturated carbocycles. The van der Waals surface area contributed by atoms with Gasteiger partial charge in [0.1, 0.15) is 5.69 Å². The maximum Gasteiger partial charge on any atom is 0.433 e. The zero-order valence-electron chi connectivity index (χ0n) is 9.70. The van der Waals surface area contributed by atoms with Crippen molar-refractivity contribution in [1.82, 2.24) is 9.78 Å². The summed E-state index contributed by atoms with van der Waals surface area (Å²) in [4.78, 5) is 11.2. The molecule has 0 aliphatic rings. The average Bonchev–Trinajstić information content (AvgIpc) is 2.61. The fraction of sp³-hybridized carbons (Fsp3) is 0.600. The Hall–Kier alpha value is -1.57. The number of ether oxygens (including phenoxy) is 1. The number of alkyl halides is 3. The van der Waals surface area contributed by atoms with Gasteiger partial charge in [0, 0.05) is 5.56 Å². The molecule has 0 unspecified atom stereocenters. The first-order valence-corrected chi connectivity index (χ1v) is 5.28. The number of hydrogen-bond donors (Lipinski definition) is 1. The number of nitrogens with zero attached hydrogens (tertiary/aromatic N) is 2. The van der Waals surface area contributed by atoms with Gasteiger partial charge in [-0.05, 0) is 6.92 Å². The molecule has 0 saturated heterocycles. The Balaban J connectivity index is 3.01. The molecule has 1 heterocycles. The second-order valence-corrected chi connectivity index (χ2v) is 3.44. The van der Waals surface area contributed by atoms with Crippen molar-refractivity contribution in [2.45, 2.75) is 26.1 Å². The van der Waals surface area contributed by atoms with Gasteiger partial charge in [-0.2, -0.15) is 18.3 Å². The second kappa shape index (κ2) is 5.85. The Morgan fingerprint density at radius 2 is 2.22 bits per heavy atom. The highest BCUT2D eigenvalue weighted by Gasteiger charge is 2.38. The Morgan fingerprint density at radius 3 is 2.72 bits per heavy atom. The first-order chi connectivity index (χ1) is 8.40. The van der Waals surface area contributed by atoms with Crippen LogP contribution in [0.4, 0.5) is 13.2 Å². The lowest BCUT2D eigenvalue weighted by Gasteiger charge is -2.11. The molecule has 1 aromatic heterocycles. The third-order valence-electron chi connectivity index (χ3n) is 2.14. The molecule has 102 valence electrons. The van der Waals surface area contributed by atoms with E-state index in [1.807, 2.05) is 0 Å². The quantitative estimate of drug-likeness (QED) is 0.807. The molecule has 18 heavy (non-hydrogen) atoms. The lowest BCUT2D eigenvalue weighted by Crippen LogP contribution is -2.19. The average molecular weight is 266 g/mol. The van der Waals surface area contributed by atoms with E-state index >= 15 is 0 Å². The van der Waals surface area contributed by atoms with Gasteiger partial charge in [0.15, 0.2) is 0 Å². The van der Waals surface area contributed by atoms with E-state index in [0.29, 0.717) is 4.68 Å². The molecule has 0 amide bonds. The highest BCUT2D eigenvalue weighted by atomic mass is 19.4. The molecule has 1 rings (SSSR count). The van der Waals surface area contributed by atoms with Crippen LogP contribution in [-0.4, -0.2) is 34.1 Å². The number of halogens is 3. The number of esters is 1. The molecule has 0 aliphatic heterocycles. The summed E-state index contributed by atoms with van der Waals surface area (Å²) in [5.41, 5.74) is -1.28. The summed E-state index contributed by atoms with van der Waals surface area (Å²) in [6, 6.07) is 0. The van der Waals surface area contributed by atoms with Gasteiger partial charge in [0.25, 0.3) is 0 Å². The van der Waals surface area contributed by atoms with Crippen molar-refractivity contribution >= 4 is 5.97 Å². The van der Waals surface area contributed by atoms with E-state index in [1.54, 1.807) is 6.92 Å². The van der Waals surface area contributed by atoms with Crippen LogP contribution in [0.1, 0.15) is 18.2 Å². The van der Waals surface area contributed by atoms with Crippen LogP contribution in [0.5, 0.6) is 0 Å². The van der Waals surface area contributed by atoms with Gasteiger partial charge in [-0.1, -0.05) is 0 Å². The third kappa shape index (κ3) is 3.46. The van der Waals surface area contributed by atoms with Gasteiger partial charge < -0.3 is 9.84 Å². The first-order valence-electron chi connectivity index (χ1n) is 5.28. The van der Waals surface area contributed by atoms with Crippen molar-refractivity contribution in [2.75, 3.05) is 13.2 Å². The van der Waals surface area contributed by atoms with Crippen molar-refractivity contribution in [3.63, 3.8) is 0 Å². The Morgan fingerprint density at radius 1 is 1.56 bits per heavy atom. The highest BCUT2D eigenvalue weighted by molar-refractivity contribution is 5.72. The van der Waals surface area contributed by atoms with Crippen LogP contribution in [0.15, 0.2) is 6.20 Å². The van der Waals surface area contributed by atoms with E-state index in [4.69, 9.17) is 5.11 Å². The van der Waals surface area contributed by atoms with Gasteiger partial charge in [0.05, 0.1) is 32.4 Å². The molecule has 1 N–H and O–H groups in total. The van der Waals surface area contributed by atoms with Crippen LogP contribution < -0.4 is 0 Å². The molecule has 0 aliphatic carbocycles. The molecule has 8 heteroatoms. The Bertz CT molecular complexity index is 415. The van der Waals surface area contributed by atoms with Crippen molar-refractivity contribution in [1.29, 1.82) is 0 Å². The van der Waals surface area contributed by atoms with E-state index in [0.717, 1.165) is 6.20 Å². The number of rotatable bonds is 5. The normalized spacial score (nSPS) is 11.6. The van der Waals surface area contributed by atoms with E-state index in [-0.39, 0.29) is 18.7 Å². The Labute approximate surface area is 101 Å². The monoisotopic (exact) mass is 266 g/mol. The molecule has 0 bridgehead atoms. The molecule has 5 nitrogen and oxygen atoms in total. The van der Waals surface area contributed by atoms with E-state index in [1.165, 1.54) is 0 Å². The van der Waals surface area contributed by atoms with Crippen LogP contribution in [-0.2, 0) is 28.7 Å². The highest BCUT2D eigenvalue weighted by Crippen LogP contribution is 2.32. The predicted octanol–water partition coefficient (Wildman–Crippen LogP) is 1.000. The largest absolute Gasteiger partial charge is 0.466 e. The molecular weight excluding hydrogens is 253 g/mol. The van der Waals surface area contributed by atoms with Gasteiger partial charge in [-0.25, -0.2) is 0 Å². The van der Waals surface area contributed by atoms with Crippen molar-refractivity contribution < 1.29 is 27.8 Å². The summed E-state index contributed by atoms with van der Waals surface area (Å²) in [5.74, 6) is -0.744. The summed E-state index contributed by atoms with van der Waals surface area (Å²) in [6.45, 7) is 0.921. The molecular formula is C10H13F3N2O3. The predicted molar refractivity (Wildman–Crippen MR) is 54.7 cm³/mol. The van der Waals surface area contributed by atoms with E-state index in [9.17, 15) is 18.0 Å². The zero-order valence-corrected chi connectivity index (χ0v) is 9.70. The number of aromatic nitrogens is 2. The lowest BCUT2D eigenvalue weighted by molar-refractivity contribution is -0.146. The molecule has 0 radical (unpaired) electrons. The van der Waals surface area contributed by atoms with Gasteiger partial charge in [0.2, 0.25) is 0 Å². The third-order valence-corrected chi connectivity index (χ3v) is 2.14. The van der Waals surface area contributed by atoms with Crippen LogP contribution >= 0.6 is 0 Å². The SMILES string of the molecule is CCOC(=O)Cc1cnn(CCO)c1C(F)(F)F. The number of aliphatic hydroxyl groups is 1. The maximum atomic E-state index is 12.8. The number of carbonyl (C=O) groups is 1. The van der Waals surface area contributed by atoms with Crippen LogP contribution in [0.25, 0.3) is 0 Å². The number of aliphatic hydroxyl groups excluding tert-OH is 1. The topological polar surface area (TPSA) is 64.3 Å². The number of carbonyl (C=O) groups excluding carboxylic acids is 1. The zero-order chi connectivity index (χ0) is 13.8. The van der Waals surface area contributed by atoms with Gasteiger partial charge in [-0.15, -0.1) is 0 Å². The van der Waals surface area contributed by atoms with Crippen molar-refractivity contribution in [2.24, 2.45) is 0 Å². The first kappa shape index (κ1) is 14.5. The fourth-order valence-electron chi connectivity index (χ4n) is 1.51. The van der Waals surface area contributed by atoms with Gasteiger partial charge >= 0.3 is 12.1 Å². The molecule has 0 spiro atoms. The molecule has 1 aromatic rings. The maximum absolute atomic E-state index is 12.8. The van der Waals surface area contributed by atoms with Crippen LogP contribution in [0.3, 0.4) is 0 Å². The van der Waals surface area contributed by atoms with Crippen LogP contribution in [0, 0.1) is 0 Å². The minimum Gasteiger partial charge on any atom is -0.466 e. The van der Waals surface area contributed by atoms with Gasteiger partial charge in [-0.3, -0.25) is 9.48 Å². The summed E-state index contributed by atoms with van der Waals surface area (Å²) >= 11 is 0. The smallest absolute Gasteiger partial charge is 0.433 e. The lowest BCUT2D eigenvalue weighted by atomic mass is 10.2. The molecule has 0 atom stereocenters. The minimum absolute atomic E-state index is 0.102.